The summed E-state index contributed by atoms with van der Waals surface area (Å²) in [5.41, 5.74) is 1.28. The number of hydrogen-bond donors (Lipinski definition) is 1. The molecule has 1 N–H and O–H groups in total. The lowest BCUT2D eigenvalue weighted by Crippen LogP contribution is -2.43. The van der Waals surface area contributed by atoms with E-state index in [0.29, 0.717) is 10.8 Å². The second kappa shape index (κ2) is 2.98. The van der Waals surface area contributed by atoms with Crippen molar-refractivity contribution in [1.82, 2.24) is 5.32 Å². The molecule has 1 heteroatoms. The molecule has 0 radical (unpaired) electrons. The van der Waals surface area contributed by atoms with Crippen molar-refractivity contribution in [3.63, 3.8) is 0 Å². The normalized spacial score (nSPS) is 30.7. The third kappa shape index (κ3) is 1.90. The average molecular weight is 181 g/mol. The molecule has 76 valence electrons. The van der Waals surface area contributed by atoms with Gasteiger partial charge in [-0.25, -0.2) is 0 Å². The Bertz CT molecular complexity index is 189. The first-order valence-corrected chi connectivity index (χ1v) is 5.78. The van der Waals surface area contributed by atoms with Gasteiger partial charge in [-0.05, 0) is 43.4 Å². The van der Waals surface area contributed by atoms with E-state index in [9.17, 15) is 0 Å². The van der Waals surface area contributed by atoms with Crippen molar-refractivity contribution < 1.29 is 0 Å². The fourth-order valence-corrected chi connectivity index (χ4v) is 2.23. The van der Waals surface area contributed by atoms with Gasteiger partial charge in [-0.1, -0.05) is 20.3 Å². The van der Waals surface area contributed by atoms with Gasteiger partial charge in [-0.2, -0.15) is 0 Å². The highest BCUT2D eigenvalue weighted by molar-refractivity contribution is 4.97. The van der Waals surface area contributed by atoms with Crippen LogP contribution < -0.4 is 5.32 Å². The Morgan fingerprint density at radius 1 is 1.15 bits per heavy atom. The molecule has 2 rings (SSSR count). The first kappa shape index (κ1) is 9.51. The molecule has 0 aromatic carbocycles. The van der Waals surface area contributed by atoms with Gasteiger partial charge in [0, 0.05) is 12.6 Å². The number of rotatable bonds is 4. The van der Waals surface area contributed by atoms with Crippen LogP contribution in [0.1, 0.15) is 52.9 Å². The molecule has 1 atom stereocenters. The smallest absolute Gasteiger partial charge is 0.00927 e. The van der Waals surface area contributed by atoms with Gasteiger partial charge in [0.15, 0.2) is 0 Å². The number of hydrogen-bond acceptors (Lipinski definition) is 1. The van der Waals surface area contributed by atoms with E-state index in [-0.39, 0.29) is 0 Å². The Labute approximate surface area is 82.3 Å². The molecule has 0 aliphatic heterocycles. The van der Waals surface area contributed by atoms with Gasteiger partial charge in [-0.3, -0.25) is 0 Å². The van der Waals surface area contributed by atoms with Gasteiger partial charge in [-0.15, -0.1) is 0 Å². The molecule has 2 aliphatic rings. The summed E-state index contributed by atoms with van der Waals surface area (Å²) in [5.74, 6) is 0. The zero-order chi connectivity index (χ0) is 9.53. The first-order chi connectivity index (χ1) is 6.04. The lowest BCUT2D eigenvalue weighted by Gasteiger charge is -2.40. The van der Waals surface area contributed by atoms with Crippen LogP contribution in [0.3, 0.4) is 0 Å². The minimum atomic E-state index is 0.638. The first-order valence-electron chi connectivity index (χ1n) is 5.78. The van der Waals surface area contributed by atoms with Crippen molar-refractivity contribution in [2.24, 2.45) is 10.8 Å². The second-order valence-corrected chi connectivity index (χ2v) is 5.92. The molecular formula is C12H23N. The Balaban J connectivity index is 1.72. The molecule has 0 spiro atoms. The highest BCUT2D eigenvalue weighted by atomic mass is 14.9. The molecule has 0 amide bonds. The molecule has 0 saturated heterocycles. The fraction of sp³-hybridized carbons (Fsp3) is 1.00. The second-order valence-electron chi connectivity index (χ2n) is 5.92. The predicted molar refractivity (Wildman–Crippen MR) is 56.8 cm³/mol. The zero-order valence-electron chi connectivity index (χ0n) is 9.32. The van der Waals surface area contributed by atoms with Crippen LogP contribution in [0.2, 0.25) is 0 Å². The highest BCUT2D eigenvalue weighted by Crippen LogP contribution is 2.48. The van der Waals surface area contributed by atoms with Crippen LogP contribution in [-0.2, 0) is 0 Å². The largest absolute Gasteiger partial charge is 0.313 e. The minimum Gasteiger partial charge on any atom is -0.313 e. The maximum atomic E-state index is 3.73. The van der Waals surface area contributed by atoms with Crippen LogP contribution in [0.4, 0.5) is 0 Å². The van der Waals surface area contributed by atoms with Gasteiger partial charge >= 0.3 is 0 Å². The lowest BCUT2D eigenvalue weighted by atomic mass is 9.70. The van der Waals surface area contributed by atoms with E-state index < -0.39 is 0 Å². The van der Waals surface area contributed by atoms with E-state index in [1.165, 1.54) is 38.6 Å². The summed E-state index contributed by atoms with van der Waals surface area (Å²) in [5, 5.41) is 3.73. The van der Waals surface area contributed by atoms with Crippen molar-refractivity contribution in [3.8, 4) is 0 Å². The van der Waals surface area contributed by atoms with Gasteiger partial charge in [0.2, 0.25) is 0 Å². The maximum absolute atomic E-state index is 3.73. The van der Waals surface area contributed by atoms with E-state index in [4.69, 9.17) is 0 Å². The van der Waals surface area contributed by atoms with E-state index in [0.717, 1.165) is 6.04 Å². The SMILES string of the molecule is CC(NCC1(C)CCC1)C1(C)CC1. The maximum Gasteiger partial charge on any atom is 0.00927 e. The summed E-state index contributed by atoms with van der Waals surface area (Å²) < 4.78 is 0. The van der Waals surface area contributed by atoms with Crippen LogP contribution in [0, 0.1) is 10.8 Å². The third-order valence-electron chi connectivity index (χ3n) is 4.48. The standard InChI is InChI=1S/C12H23N/c1-10(12(3)7-8-12)13-9-11(2)5-4-6-11/h10,13H,4-9H2,1-3H3. The van der Waals surface area contributed by atoms with Crippen molar-refractivity contribution in [2.45, 2.75) is 58.9 Å². The lowest BCUT2D eigenvalue weighted by molar-refractivity contribution is 0.145. The van der Waals surface area contributed by atoms with Crippen LogP contribution in [0.5, 0.6) is 0 Å². The van der Waals surface area contributed by atoms with E-state index in [2.05, 4.69) is 26.1 Å². The fourth-order valence-electron chi connectivity index (χ4n) is 2.23. The summed E-state index contributed by atoms with van der Waals surface area (Å²) in [6, 6.07) is 0.727. The molecule has 0 aromatic rings. The van der Waals surface area contributed by atoms with Gasteiger partial charge in [0.25, 0.3) is 0 Å². The average Bonchev–Trinajstić information content (AvgIpc) is 2.77. The van der Waals surface area contributed by atoms with Gasteiger partial charge < -0.3 is 5.32 Å². The summed E-state index contributed by atoms with van der Waals surface area (Å²) in [4.78, 5) is 0. The van der Waals surface area contributed by atoms with E-state index in [1.54, 1.807) is 0 Å². The van der Waals surface area contributed by atoms with Crippen molar-refractivity contribution >= 4 is 0 Å². The number of nitrogens with one attached hydrogen (secondary N) is 1. The van der Waals surface area contributed by atoms with Crippen LogP contribution in [0.25, 0.3) is 0 Å². The predicted octanol–water partition coefficient (Wildman–Crippen LogP) is 2.95. The van der Waals surface area contributed by atoms with Crippen LogP contribution >= 0.6 is 0 Å². The molecule has 1 unspecified atom stereocenters. The molecule has 1 nitrogen and oxygen atoms in total. The van der Waals surface area contributed by atoms with Crippen molar-refractivity contribution in [2.75, 3.05) is 6.54 Å². The van der Waals surface area contributed by atoms with Crippen molar-refractivity contribution in [3.05, 3.63) is 0 Å². The monoisotopic (exact) mass is 181 g/mol. The summed E-state index contributed by atoms with van der Waals surface area (Å²) >= 11 is 0. The Hall–Kier alpha value is -0.0400. The Kier molecular flexibility index (Phi) is 2.18. The quantitative estimate of drug-likeness (QED) is 0.703. The van der Waals surface area contributed by atoms with Crippen molar-refractivity contribution in [1.29, 1.82) is 0 Å². The zero-order valence-corrected chi connectivity index (χ0v) is 9.32. The molecule has 2 aliphatic carbocycles. The minimum absolute atomic E-state index is 0.638. The Morgan fingerprint density at radius 2 is 1.77 bits per heavy atom. The van der Waals surface area contributed by atoms with Gasteiger partial charge in [0.1, 0.15) is 0 Å². The van der Waals surface area contributed by atoms with Gasteiger partial charge in [0.05, 0.1) is 0 Å². The van der Waals surface area contributed by atoms with Crippen LogP contribution in [0.15, 0.2) is 0 Å². The Morgan fingerprint density at radius 3 is 2.15 bits per heavy atom. The van der Waals surface area contributed by atoms with E-state index in [1.807, 2.05) is 0 Å². The molecule has 2 saturated carbocycles. The summed E-state index contributed by atoms with van der Waals surface area (Å²) in [6.45, 7) is 8.43. The molecule has 0 bridgehead atoms. The molecule has 2 fully saturated rings. The topological polar surface area (TPSA) is 12.0 Å². The van der Waals surface area contributed by atoms with E-state index >= 15 is 0 Å². The summed E-state index contributed by atoms with van der Waals surface area (Å²) in [7, 11) is 0. The highest BCUT2D eigenvalue weighted by Gasteiger charge is 2.43. The van der Waals surface area contributed by atoms with Crippen LogP contribution in [-0.4, -0.2) is 12.6 Å². The summed E-state index contributed by atoms with van der Waals surface area (Å²) in [6.07, 6.45) is 7.17. The molecule has 13 heavy (non-hydrogen) atoms. The molecular weight excluding hydrogens is 158 g/mol. The molecule has 0 heterocycles. The molecule has 0 aromatic heterocycles. The third-order valence-corrected chi connectivity index (χ3v) is 4.48.